The maximum absolute atomic E-state index is 9.97. The molecule has 0 saturated heterocycles. The largest absolute Gasteiger partial charge is 0.491 e. The van der Waals surface area contributed by atoms with Crippen molar-refractivity contribution in [3.63, 3.8) is 0 Å². The molecule has 0 bridgehead atoms. The molecule has 2 N–H and O–H groups in total. The van der Waals surface area contributed by atoms with Gasteiger partial charge in [0.2, 0.25) is 0 Å². The molecular weight excluding hydrogens is 270 g/mol. The highest BCUT2D eigenvalue weighted by molar-refractivity contribution is 7.10. The Labute approximate surface area is 124 Å². The van der Waals surface area contributed by atoms with E-state index >= 15 is 0 Å². The molecule has 0 fully saturated rings. The molecule has 2 atom stereocenters. The predicted octanol–water partition coefficient (Wildman–Crippen LogP) is 3.23. The van der Waals surface area contributed by atoms with Gasteiger partial charge in [0.15, 0.2) is 0 Å². The summed E-state index contributed by atoms with van der Waals surface area (Å²) in [5, 5.41) is 15.4. The van der Waals surface area contributed by atoms with Gasteiger partial charge in [-0.25, -0.2) is 0 Å². The lowest BCUT2D eigenvalue weighted by atomic mass is 10.2. The van der Waals surface area contributed by atoms with E-state index in [-0.39, 0.29) is 0 Å². The Bertz CT molecular complexity index is 472. The van der Waals surface area contributed by atoms with Crippen molar-refractivity contribution in [1.29, 1.82) is 0 Å². The second-order valence-corrected chi connectivity index (χ2v) is 5.64. The lowest BCUT2D eigenvalue weighted by Crippen LogP contribution is -2.33. The zero-order chi connectivity index (χ0) is 14.2. The van der Waals surface area contributed by atoms with Gasteiger partial charge in [0, 0.05) is 17.5 Å². The highest BCUT2D eigenvalue weighted by Crippen LogP contribution is 2.21. The minimum Gasteiger partial charge on any atom is -0.491 e. The summed E-state index contributed by atoms with van der Waals surface area (Å²) in [6.07, 6.45) is 0.497. The van der Waals surface area contributed by atoms with Crippen molar-refractivity contribution < 1.29 is 9.84 Å². The van der Waals surface area contributed by atoms with Crippen LogP contribution in [0.3, 0.4) is 0 Å². The summed E-state index contributed by atoms with van der Waals surface area (Å²) in [6.45, 7) is 2.98. The molecule has 20 heavy (non-hydrogen) atoms. The van der Waals surface area contributed by atoms with Gasteiger partial charge >= 0.3 is 0 Å². The molecule has 0 aliphatic heterocycles. The van der Waals surface area contributed by atoms with E-state index in [1.807, 2.05) is 30.3 Å². The number of para-hydroxylation sites is 1. The van der Waals surface area contributed by atoms with E-state index in [1.165, 1.54) is 4.88 Å². The Morgan fingerprint density at radius 3 is 2.65 bits per heavy atom. The lowest BCUT2D eigenvalue weighted by Gasteiger charge is -2.18. The Morgan fingerprint density at radius 1 is 1.20 bits per heavy atom. The topological polar surface area (TPSA) is 41.5 Å². The van der Waals surface area contributed by atoms with Crippen LogP contribution in [-0.4, -0.2) is 24.4 Å². The number of aliphatic hydroxyl groups excluding tert-OH is 1. The number of benzene rings is 1. The van der Waals surface area contributed by atoms with E-state index in [1.54, 1.807) is 11.3 Å². The van der Waals surface area contributed by atoms with Crippen molar-refractivity contribution in [1.82, 2.24) is 5.32 Å². The smallest absolute Gasteiger partial charge is 0.119 e. The quantitative estimate of drug-likeness (QED) is 0.784. The molecule has 2 rings (SSSR count). The number of hydrogen-bond acceptors (Lipinski definition) is 4. The van der Waals surface area contributed by atoms with Crippen LogP contribution in [0.2, 0.25) is 0 Å². The summed E-state index contributed by atoms with van der Waals surface area (Å²) in [6, 6.07) is 14.0. The van der Waals surface area contributed by atoms with E-state index in [2.05, 4.69) is 29.8 Å². The van der Waals surface area contributed by atoms with Crippen LogP contribution in [0.5, 0.6) is 5.75 Å². The van der Waals surface area contributed by atoms with Crippen LogP contribution in [0.4, 0.5) is 0 Å². The van der Waals surface area contributed by atoms with Gasteiger partial charge in [-0.1, -0.05) is 31.2 Å². The second-order valence-electron chi connectivity index (χ2n) is 4.66. The van der Waals surface area contributed by atoms with E-state index in [0.29, 0.717) is 19.2 Å². The van der Waals surface area contributed by atoms with E-state index in [4.69, 9.17) is 4.74 Å². The van der Waals surface area contributed by atoms with Gasteiger partial charge in [-0.05, 0) is 30.0 Å². The fourth-order valence-corrected chi connectivity index (χ4v) is 2.87. The highest BCUT2D eigenvalue weighted by atomic mass is 32.1. The van der Waals surface area contributed by atoms with Gasteiger partial charge in [-0.15, -0.1) is 11.3 Å². The molecule has 3 nitrogen and oxygen atoms in total. The second kappa shape index (κ2) is 8.04. The normalized spacial score (nSPS) is 13.9. The molecule has 2 aromatic rings. The van der Waals surface area contributed by atoms with Crippen molar-refractivity contribution in [2.24, 2.45) is 0 Å². The molecule has 0 aliphatic rings. The monoisotopic (exact) mass is 291 g/mol. The molecule has 1 heterocycles. The van der Waals surface area contributed by atoms with Crippen molar-refractivity contribution in [2.75, 3.05) is 13.2 Å². The van der Waals surface area contributed by atoms with E-state index in [9.17, 15) is 5.11 Å². The first kappa shape index (κ1) is 15.0. The molecule has 0 radical (unpaired) electrons. The van der Waals surface area contributed by atoms with E-state index < -0.39 is 6.10 Å². The Balaban J connectivity index is 1.73. The first-order valence-corrected chi connectivity index (χ1v) is 7.80. The predicted molar refractivity (Wildman–Crippen MR) is 83.3 cm³/mol. The molecule has 1 aromatic carbocycles. The molecule has 4 heteroatoms. The Morgan fingerprint density at radius 2 is 2.00 bits per heavy atom. The van der Waals surface area contributed by atoms with Gasteiger partial charge in [0.05, 0.1) is 0 Å². The SMILES string of the molecule is CCC(NCC(O)COc1ccccc1)c1cccs1. The minimum atomic E-state index is -0.510. The summed E-state index contributed by atoms with van der Waals surface area (Å²) in [4.78, 5) is 1.31. The lowest BCUT2D eigenvalue weighted by molar-refractivity contribution is 0.103. The zero-order valence-corrected chi connectivity index (χ0v) is 12.5. The first-order valence-electron chi connectivity index (χ1n) is 6.92. The number of rotatable bonds is 8. The minimum absolute atomic E-state index is 0.303. The summed E-state index contributed by atoms with van der Waals surface area (Å²) in [5.41, 5.74) is 0. The molecule has 0 aliphatic carbocycles. The van der Waals surface area contributed by atoms with Gasteiger partial charge in [-0.2, -0.15) is 0 Å². The van der Waals surface area contributed by atoms with Gasteiger partial charge in [-0.3, -0.25) is 0 Å². The maximum Gasteiger partial charge on any atom is 0.119 e. The molecule has 0 amide bonds. The Hall–Kier alpha value is -1.36. The summed E-state index contributed by atoms with van der Waals surface area (Å²) in [7, 11) is 0. The number of aliphatic hydroxyl groups is 1. The fourth-order valence-electron chi connectivity index (χ4n) is 1.98. The summed E-state index contributed by atoms with van der Waals surface area (Å²) in [5.74, 6) is 0.789. The van der Waals surface area contributed by atoms with E-state index in [0.717, 1.165) is 12.2 Å². The third kappa shape index (κ3) is 4.63. The summed E-state index contributed by atoms with van der Waals surface area (Å²) < 4.78 is 5.54. The zero-order valence-electron chi connectivity index (χ0n) is 11.7. The van der Waals surface area contributed by atoms with Gasteiger partial charge in [0.25, 0.3) is 0 Å². The van der Waals surface area contributed by atoms with Crippen molar-refractivity contribution in [2.45, 2.75) is 25.5 Å². The number of hydrogen-bond donors (Lipinski definition) is 2. The van der Waals surface area contributed by atoms with Crippen molar-refractivity contribution in [3.8, 4) is 5.75 Å². The van der Waals surface area contributed by atoms with Crippen LogP contribution in [0.1, 0.15) is 24.3 Å². The summed E-state index contributed by atoms with van der Waals surface area (Å²) >= 11 is 1.74. The van der Waals surface area contributed by atoms with Crippen LogP contribution < -0.4 is 10.1 Å². The number of thiophene rings is 1. The molecule has 0 spiro atoms. The maximum atomic E-state index is 9.97. The van der Waals surface area contributed by atoms with Crippen molar-refractivity contribution >= 4 is 11.3 Å². The van der Waals surface area contributed by atoms with Crippen LogP contribution in [0, 0.1) is 0 Å². The van der Waals surface area contributed by atoms with Crippen LogP contribution in [0.25, 0.3) is 0 Å². The standard InChI is InChI=1S/C16H21NO2S/c1-2-15(16-9-6-10-20-16)17-11-13(18)12-19-14-7-4-3-5-8-14/h3-10,13,15,17-18H,2,11-12H2,1H3. The van der Waals surface area contributed by atoms with Crippen LogP contribution in [0.15, 0.2) is 47.8 Å². The molecule has 108 valence electrons. The average Bonchev–Trinajstić information content (AvgIpc) is 3.01. The molecule has 0 saturated carbocycles. The third-order valence-corrected chi connectivity index (χ3v) is 4.07. The highest BCUT2D eigenvalue weighted by Gasteiger charge is 2.12. The molecular formula is C16H21NO2S. The molecule has 2 unspecified atom stereocenters. The molecule has 1 aromatic heterocycles. The Kier molecular flexibility index (Phi) is 6.05. The van der Waals surface area contributed by atoms with Gasteiger partial charge < -0.3 is 15.2 Å². The van der Waals surface area contributed by atoms with Crippen molar-refractivity contribution in [3.05, 3.63) is 52.7 Å². The van der Waals surface area contributed by atoms with Gasteiger partial charge in [0.1, 0.15) is 18.5 Å². The van der Waals surface area contributed by atoms with Crippen LogP contribution in [-0.2, 0) is 0 Å². The third-order valence-electron chi connectivity index (χ3n) is 3.08. The average molecular weight is 291 g/mol. The number of ether oxygens (including phenoxy) is 1. The number of nitrogens with one attached hydrogen (secondary N) is 1. The van der Waals surface area contributed by atoms with Crippen LogP contribution >= 0.6 is 11.3 Å². The fraction of sp³-hybridized carbons (Fsp3) is 0.375. The first-order chi connectivity index (χ1) is 9.79.